The molecule has 4 aliphatic rings. The quantitative estimate of drug-likeness (QED) is 0.104. The SMILES string of the molecule is COc1cc2cc(c1Cl)N(C)C(=O)CC(OC(=O)C(C)N(C)C(=O)NC(C(=O)NC(CCCNC(N)=O)C(=O)O)C(C)C)C1(C)CC(C)(O1)C1CC(O)(NC(=O)O1)C(OC)C=CC=C(C)C2. The van der Waals surface area contributed by atoms with Crippen molar-refractivity contribution in [3.05, 3.63) is 46.5 Å². The van der Waals surface area contributed by atoms with Gasteiger partial charge < -0.3 is 65.4 Å². The van der Waals surface area contributed by atoms with E-state index < -0.39 is 108 Å². The second-order valence-electron chi connectivity index (χ2n) is 17.8. The standard InChI is InChI=1S/C44H64ClN7O14/c1-23(2)35(36(54)48-27(37(55)56)14-12-16-47-39(46)58)49-40(59)51(7)25(4)38(57)64-31-20-33(53)52(8)28-18-26(19-29(62-9)34(28)45)17-24(3)13-11-15-30(63-10)44(61)21-32(65-41(60)50-44)43(6)22-42(31,5)66-43/h11,13,15,18-19,23,25,27,30-32,35,61H,12,14,16-17,20-22H2,1-10H3,(H,48,54)(H,49,59)(H,50,60)(H,55,56)(H3,46,47,58). The number of aliphatic carboxylic acids is 1. The number of hydrogen-bond donors (Lipinski definition) is 7. The molecule has 9 unspecified atom stereocenters. The number of benzene rings is 1. The molecule has 4 heterocycles. The number of methoxy groups -OCH3 is 2. The molecule has 4 aliphatic heterocycles. The molecule has 0 aliphatic carbocycles. The molecule has 22 heteroatoms. The summed E-state index contributed by atoms with van der Waals surface area (Å²) in [4.78, 5) is 93.7. The van der Waals surface area contributed by atoms with Gasteiger partial charge in [0.25, 0.3) is 0 Å². The Morgan fingerprint density at radius 2 is 1.77 bits per heavy atom. The number of hydrogen-bond acceptors (Lipinski definition) is 13. The number of nitrogens with two attached hydrogens (primary N) is 1. The summed E-state index contributed by atoms with van der Waals surface area (Å²) in [6.45, 7) is 9.88. The number of aliphatic hydroxyl groups is 1. The van der Waals surface area contributed by atoms with Crippen LogP contribution in [0.1, 0.15) is 79.2 Å². The Bertz CT molecular complexity index is 2080. The third kappa shape index (κ3) is 12.6. The van der Waals surface area contributed by atoms with Crippen molar-refractivity contribution in [1.82, 2.24) is 26.2 Å². The first-order valence-corrected chi connectivity index (χ1v) is 21.9. The molecule has 6 bridgehead atoms. The molecule has 1 aromatic carbocycles. The van der Waals surface area contributed by atoms with Crippen molar-refractivity contribution in [1.29, 1.82) is 0 Å². The zero-order chi connectivity index (χ0) is 49.5. The molecule has 1 aromatic rings. The Morgan fingerprint density at radius 1 is 1.11 bits per heavy atom. The van der Waals surface area contributed by atoms with E-state index in [2.05, 4.69) is 21.3 Å². The summed E-state index contributed by atoms with van der Waals surface area (Å²) < 4.78 is 29.5. The van der Waals surface area contributed by atoms with Crippen molar-refractivity contribution in [2.24, 2.45) is 11.7 Å². The summed E-state index contributed by atoms with van der Waals surface area (Å²) in [5, 5.41) is 31.5. The first-order valence-electron chi connectivity index (χ1n) is 21.5. The molecule has 66 heavy (non-hydrogen) atoms. The highest BCUT2D eigenvalue weighted by Crippen LogP contribution is 2.50. The predicted octanol–water partition coefficient (Wildman–Crippen LogP) is 2.88. The number of nitrogens with zero attached hydrogens (tertiary/aromatic N) is 2. The second-order valence-corrected chi connectivity index (χ2v) is 18.2. The predicted molar refractivity (Wildman–Crippen MR) is 240 cm³/mol. The number of primary amides is 1. The number of esters is 1. The van der Waals surface area contributed by atoms with Gasteiger partial charge in [-0.1, -0.05) is 49.2 Å². The molecule has 8 N–H and O–H groups in total. The van der Waals surface area contributed by atoms with Gasteiger partial charge in [0.1, 0.15) is 58.4 Å². The molecule has 9 atom stereocenters. The Balaban J connectivity index is 1.64. The molecule has 2 fully saturated rings. The molecule has 2 saturated heterocycles. The molecular formula is C44H64ClN7O14. The van der Waals surface area contributed by atoms with Gasteiger partial charge in [-0.3, -0.25) is 14.9 Å². The summed E-state index contributed by atoms with van der Waals surface area (Å²) in [6.07, 6.45) is 0.756. The minimum absolute atomic E-state index is 0.0494. The van der Waals surface area contributed by atoms with Crippen molar-refractivity contribution < 1.29 is 67.5 Å². The van der Waals surface area contributed by atoms with E-state index in [1.807, 2.05) is 13.0 Å². The molecule has 0 spiro atoms. The van der Waals surface area contributed by atoms with Crippen LogP contribution >= 0.6 is 11.6 Å². The molecule has 0 radical (unpaired) electrons. The molecule has 0 saturated carbocycles. The van der Waals surface area contributed by atoms with Crippen LogP contribution in [0.15, 0.2) is 35.9 Å². The maximum absolute atomic E-state index is 14.3. The topological polar surface area (TPSA) is 287 Å². The Morgan fingerprint density at radius 3 is 2.36 bits per heavy atom. The van der Waals surface area contributed by atoms with Crippen LogP contribution in [0.3, 0.4) is 0 Å². The minimum atomic E-state index is -1.93. The summed E-state index contributed by atoms with van der Waals surface area (Å²) >= 11 is 6.78. The molecule has 0 aromatic heterocycles. The van der Waals surface area contributed by atoms with Crippen LogP contribution in [0.5, 0.6) is 5.75 Å². The number of allylic oxidation sites excluding steroid dienone is 3. The van der Waals surface area contributed by atoms with Crippen molar-refractivity contribution in [2.45, 2.75) is 133 Å². The highest BCUT2D eigenvalue weighted by Gasteiger charge is 2.63. The summed E-state index contributed by atoms with van der Waals surface area (Å²) in [7, 11) is 5.64. The fourth-order valence-corrected chi connectivity index (χ4v) is 8.59. The van der Waals surface area contributed by atoms with Crippen LogP contribution in [0.4, 0.5) is 20.1 Å². The average Bonchev–Trinajstić information content (AvgIpc) is 3.22. The van der Waals surface area contributed by atoms with Crippen molar-refractivity contribution in [3.63, 3.8) is 0 Å². The van der Waals surface area contributed by atoms with Gasteiger partial charge in [0.15, 0.2) is 5.72 Å². The number of likely N-dealkylation sites (N-methyl/N-ethyl adjacent to an activating group) is 1. The monoisotopic (exact) mass is 949 g/mol. The smallest absolute Gasteiger partial charge is 0.409 e. The van der Waals surface area contributed by atoms with E-state index in [4.69, 9.17) is 41.0 Å². The average molecular weight is 950 g/mol. The number of nitrogens with one attached hydrogen (secondary N) is 4. The van der Waals surface area contributed by atoms with E-state index >= 15 is 0 Å². The van der Waals surface area contributed by atoms with Crippen LogP contribution in [-0.2, 0) is 44.5 Å². The van der Waals surface area contributed by atoms with Gasteiger partial charge in [0.2, 0.25) is 11.8 Å². The largest absolute Gasteiger partial charge is 0.495 e. The van der Waals surface area contributed by atoms with E-state index in [1.54, 1.807) is 52.0 Å². The van der Waals surface area contributed by atoms with E-state index in [9.17, 15) is 43.8 Å². The summed E-state index contributed by atoms with van der Waals surface area (Å²) in [6, 6.07) is -2.09. The normalized spacial score (nSPS) is 26.8. The fraction of sp³-hybridized carbons (Fsp3) is 0.614. The lowest BCUT2D eigenvalue weighted by Crippen LogP contribution is -2.72. The number of alkyl carbamates (subject to hydrolysis) is 1. The highest BCUT2D eigenvalue weighted by atomic mass is 35.5. The third-order valence-electron chi connectivity index (χ3n) is 12.2. The van der Waals surface area contributed by atoms with Crippen molar-refractivity contribution >= 4 is 59.2 Å². The lowest BCUT2D eigenvalue weighted by atomic mass is 9.72. The third-order valence-corrected chi connectivity index (χ3v) is 12.6. The molecular weight excluding hydrogens is 886 g/mol. The maximum Gasteiger partial charge on any atom is 0.409 e. The summed E-state index contributed by atoms with van der Waals surface area (Å²) in [5.41, 5.74) is 2.38. The van der Waals surface area contributed by atoms with Crippen LogP contribution < -0.4 is 36.6 Å². The number of urea groups is 2. The van der Waals surface area contributed by atoms with Crippen LogP contribution in [0.25, 0.3) is 0 Å². The van der Waals surface area contributed by atoms with Crippen LogP contribution in [0, 0.1) is 5.92 Å². The number of halogens is 1. The van der Waals surface area contributed by atoms with Gasteiger partial charge in [-0.25, -0.2) is 24.0 Å². The van der Waals surface area contributed by atoms with E-state index in [1.165, 1.54) is 40.1 Å². The summed E-state index contributed by atoms with van der Waals surface area (Å²) in [5.74, 6) is -3.86. The molecule has 21 nitrogen and oxygen atoms in total. The lowest BCUT2D eigenvalue weighted by molar-refractivity contribution is -0.328. The Labute approximate surface area is 389 Å². The number of carbonyl (C=O) groups excluding carboxylic acids is 6. The number of ether oxygens (including phenoxy) is 5. The van der Waals surface area contributed by atoms with E-state index in [0.717, 1.165) is 16.0 Å². The fourth-order valence-electron chi connectivity index (χ4n) is 8.28. The van der Waals surface area contributed by atoms with Gasteiger partial charge in [-0.15, -0.1) is 0 Å². The molecule has 5 rings (SSSR count). The van der Waals surface area contributed by atoms with Gasteiger partial charge >= 0.3 is 30.1 Å². The number of rotatable bonds is 14. The zero-order valence-corrected chi connectivity index (χ0v) is 39.8. The number of fused-ring (bicyclic) bond motifs is 6. The van der Waals surface area contributed by atoms with Crippen LogP contribution in [0.2, 0.25) is 5.02 Å². The van der Waals surface area contributed by atoms with Gasteiger partial charge in [0.05, 0.1) is 19.2 Å². The number of carboxylic acid groups (broad SMARTS) is 1. The van der Waals surface area contributed by atoms with Gasteiger partial charge in [0, 0.05) is 40.6 Å². The Hall–Kier alpha value is -5.64. The number of anilines is 1. The van der Waals surface area contributed by atoms with Gasteiger partial charge in [-0.2, -0.15) is 0 Å². The van der Waals surface area contributed by atoms with Crippen LogP contribution in [-0.4, -0.2) is 145 Å². The number of amides is 7. The number of carbonyl (C=O) groups is 7. The number of carboxylic acids is 1. The van der Waals surface area contributed by atoms with Crippen molar-refractivity contribution in [3.8, 4) is 5.75 Å². The second kappa shape index (κ2) is 21.8. The van der Waals surface area contributed by atoms with Gasteiger partial charge in [-0.05, 0) is 70.6 Å². The van der Waals surface area contributed by atoms with E-state index in [0.29, 0.717) is 17.9 Å². The minimum Gasteiger partial charge on any atom is -0.495 e. The first-order chi connectivity index (χ1) is 30.8. The maximum atomic E-state index is 14.3. The zero-order valence-electron chi connectivity index (χ0n) is 39.0. The Kier molecular flexibility index (Phi) is 17.5. The lowest BCUT2D eigenvalue weighted by Gasteiger charge is -2.59. The first kappa shape index (κ1) is 53.0. The highest BCUT2D eigenvalue weighted by molar-refractivity contribution is 6.35. The van der Waals surface area contributed by atoms with Crippen molar-refractivity contribution in [2.75, 3.05) is 39.8 Å². The molecule has 7 amide bonds. The molecule has 366 valence electrons. The van der Waals surface area contributed by atoms with E-state index in [-0.39, 0.29) is 37.3 Å².